The van der Waals surface area contributed by atoms with Crippen LogP contribution >= 0.6 is 23.2 Å². The Morgan fingerprint density at radius 2 is 2.17 bits per heavy atom. The lowest BCUT2D eigenvalue weighted by molar-refractivity contribution is 0.213. The summed E-state index contributed by atoms with van der Waals surface area (Å²) in [5.74, 6) is 0. The molecule has 2 fully saturated rings. The quantitative estimate of drug-likeness (QED) is 0.684. The molecular formula is C13H14Cl2N2O. The molecule has 2 unspecified atom stereocenters. The number of benzene rings is 1. The first-order valence-corrected chi connectivity index (χ1v) is 6.63. The van der Waals surface area contributed by atoms with Crippen LogP contribution in [0.3, 0.4) is 0 Å². The average molecular weight is 285 g/mol. The minimum Gasteiger partial charge on any atom is -0.399 e. The maximum absolute atomic E-state index is 6.11. The van der Waals surface area contributed by atoms with E-state index in [0.29, 0.717) is 10.0 Å². The lowest BCUT2D eigenvalue weighted by Crippen LogP contribution is -2.19. The van der Waals surface area contributed by atoms with Crippen molar-refractivity contribution in [2.24, 2.45) is 10.6 Å². The van der Waals surface area contributed by atoms with Crippen molar-refractivity contribution in [1.82, 2.24) is 5.32 Å². The fourth-order valence-corrected chi connectivity index (χ4v) is 3.42. The number of nitrogens with zero attached hydrogens (tertiary/aromatic N) is 1. The maximum Gasteiger partial charge on any atom is 0.106 e. The van der Waals surface area contributed by atoms with Gasteiger partial charge in [-0.15, -0.1) is 0 Å². The van der Waals surface area contributed by atoms with Crippen molar-refractivity contribution in [3.63, 3.8) is 0 Å². The van der Waals surface area contributed by atoms with Crippen LogP contribution in [-0.2, 0) is 10.3 Å². The zero-order valence-electron chi connectivity index (χ0n) is 10.0. The first kappa shape index (κ1) is 12.3. The maximum atomic E-state index is 6.11. The summed E-state index contributed by atoms with van der Waals surface area (Å²) < 4.78 is 0. The molecule has 1 aliphatic heterocycles. The second kappa shape index (κ2) is 4.12. The van der Waals surface area contributed by atoms with Crippen molar-refractivity contribution < 1.29 is 4.84 Å². The van der Waals surface area contributed by atoms with Gasteiger partial charge in [0.25, 0.3) is 0 Å². The molecule has 0 amide bonds. The highest BCUT2D eigenvalue weighted by atomic mass is 35.5. The number of rotatable bonds is 3. The summed E-state index contributed by atoms with van der Waals surface area (Å²) in [6.07, 6.45) is 3.01. The SMILES string of the molecule is CO/N=C\C12CNCC1(c1ccc(Cl)c(Cl)c1)C2. The minimum absolute atomic E-state index is 0.0696. The van der Waals surface area contributed by atoms with Crippen molar-refractivity contribution in [1.29, 1.82) is 0 Å². The van der Waals surface area contributed by atoms with E-state index in [2.05, 4.69) is 16.5 Å². The third-order valence-corrected chi connectivity index (χ3v) is 4.93. The molecule has 1 aromatic rings. The fourth-order valence-electron chi connectivity index (χ4n) is 3.12. The number of hydrogen-bond donors (Lipinski definition) is 1. The summed E-state index contributed by atoms with van der Waals surface area (Å²) in [4.78, 5) is 4.81. The monoisotopic (exact) mass is 284 g/mol. The Hall–Kier alpha value is -0.770. The molecule has 1 N–H and O–H groups in total. The topological polar surface area (TPSA) is 33.6 Å². The predicted octanol–water partition coefficient (Wildman–Crippen LogP) is 2.86. The molecule has 0 aromatic heterocycles. The molecule has 96 valence electrons. The van der Waals surface area contributed by atoms with E-state index in [4.69, 9.17) is 28.0 Å². The van der Waals surface area contributed by atoms with Crippen LogP contribution < -0.4 is 5.32 Å². The van der Waals surface area contributed by atoms with Crippen molar-refractivity contribution in [2.45, 2.75) is 11.8 Å². The van der Waals surface area contributed by atoms with Gasteiger partial charge in [-0.3, -0.25) is 0 Å². The normalized spacial score (nSPS) is 33.7. The molecule has 1 aromatic carbocycles. The largest absolute Gasteiger partial charge is 0.399 e. The summed E-state index contributed by atoms with van der Waals surface area (Å²) in [6.45, 7) is 1.88. The van der Waals surface area contributed by atoms with Crippen LogP contribution in [0.2, 0.25) is 10.0 Å². The summed E-state index contributed by atoms with van der Waals surface area (Å²) >= 11 is 12.1. The molecule has 5 heteroatoms. The zero-order chi connectivity index (χ0) is 12.8. The van der Waals surface area contributed by atoms with Gasteiger partial charge in [-0.2, -0.15) is 0 Å². The molecular weight excluding hydrogens is 271 g/mol. The van der Waals surface area contributed by atoms with E-state index in [1.165, 1.54) is 5.56 Å². The van der Waals surface area contributed by atoms with E-state index in [-0.39, 0.29) is 10.8 Å². The Balaban J connectivity index is 1.97. The van der Waals surface area contributed by atoms with Gasteiger partial charge in [0.1, 0.15) is 7.11 Å². The van der Waals surface area contributed by atoms with E-state index in [9.17, 15) is 0 Å². The Morgan fingerprint density at radius 3 is 2.89 bits per heavy atom. The van der Waals surface area contributed by atoms with Crippen molar-refractivity contribution in [3.8, 4) is 0 Å². The first-order valence-electron chi connectivity index (χ1n) is 5.88. The molecule has 1 saturated heterocycles. The van der Waals surface area contributed by atoms with Gasteiger partial charge in [-0.05, 0) is 24.1 Å². The highest BCUT2D eigenvalue weighted by Crippen LogP contribution is 2.66. The highest BCUT2D eigenvalue weighted by Gasteiger charge is 2.70. The molecule has 1 saturated carbocycles. The average Bonchev–Trinajstić information content (AvgIpc) is 2.88. The van der Waals surface area contributed by atoms with E-state index in [1.807, 2.05) is 18.3 Å². The van der Waals surface area contributed by atoms with Gasteiger partial charge in [0.2, 0.25) is 0 Å². The van der Waals surface area contributed by atoms with E-state index in [0.717, 1.165) is 19.5 Å². The number of hydrogen-bond acceptors (Lipinski definition) is 3. The van der Waals surface area contributed by atoms with Gasteiger partial charge in [-0.25, -0.2) is 0 Å². The minimum atomic E-state index is 0.0696. The van der Waals surface area contributed by atoms with Gasteiger partial charge in [0.05, 0.1) is 16.3 Å². The zero-order valence-corrected chi connectivity index (χ0v) is 11.6. The fraction of sp³-hybridized carbons (Fsp3) is 0.462. The Morgan fingerprint density at radius 1 is 1.33 bits per heavy atom. The van der Waals surface area contributed by atoms with Crippen LogP contribution in [0, 0.1) is 5.41 Å². The van der Waals surface area contributed by atoms with Crippen LogP contribution in [0.4, 0.5) is 0 Å². The van der Waals surface area contributed by atoms with Crippen LogP contribution in [0.25, 0.3) is 0 Å². The van der Waals surface area contributed by atoms with Crippen molar-refractivity contribution >= 4 is 29.4 Å². The van der Waals surface area contributed by atoms with Crippen molar-refractivity contribution in [3.05, 3.63) is 33.8 Å². The number of halogens is 2. The molecule has 0 spiro atoms. The lowest BCUT2D eigenvalue weighted by Gasteiger charge is -2.15. The Kier molecular flexibility index (Phi) is 2.81. The molecule has 18 heavy (non-hydrogen) atoms. The number of piperidine rings is 1. The first-order chi connectivity index (χ1) is 8.63. The molecule has 1 heterocycles. The predicted molar refractivity (Wildman–Crippen MR) is 73.6 cm³/mol. The number of oxime groups is 1. The van der Waals surface area contributed by atoms with E-state index >= 15 is 0 Å². The smallest absolute Gasteiger partial charge is 0.106 e. The van der Waals surface area contributed by atoms with Crippen LogP contribution in [0.5, 0.6) is 0 Å². The summed E-state index contributed by atoms with van der Waals surface area (Å²) in [5.41, 5.74) is 1.40. The molecule has 3 nitrogen and oxygen atoms in total. The molecule has 2 atom stereocenters. The standard InChI is InChI=1S/C13H14Cl2N2O/c1-18-17-7-12-5-13(12,8-16-6-12)9-2-3-10(14)11(15)4-9/h2-4,7,16H,5-6,8H2,1H3/b17-7-. The van der Waals surface area contributed by atoms with Gasteiger partial charge < -0.3 is 10.2 Å². The molecule has 1 aliphatic carbocycles. The van der Waals surface area contributed by atoms with Gasteiger partial charge in [0, 0.05) is 23.9 Å². The third kappa shape index (κ3) is 1.58. The van der Waals surface area contributed by atoms with Gasteiger partial charge in [-0.1, -0.05) is 34.4 Å². The summed E-state index contributed by atoms with van der Waals surface area (Å²) in [7, 11) is 1.57. The lowest BCUT2D eigenvalue weighted by atomic mass is 9.89. The molecule has 0 bridgehead atoms. The summed E-state index contributed by atoms with van der Waals surface area (Å²) in [5, 5.41) is 8.58. The molecule has 2 aliphatic rings. The second-order valence-electron chi connectivity index (χ2n) is 5.06. The van der Waals surface area contributed by atoms with Crippen LogP contribution in [0.15, 0.2) is 23.4 Å². The molecule has 0 radical (unpaired) electrons. The number of fused-ring (bicyclic) bond motifs is 1. The second-order valence-corrected chi connectivity index (χ2v) is 5.88. The third-order valence-electron chi connectivity index (χ3n) is 4.19. The van der Waals surface area contributed by atoms with Crippen LogP contribution in [-0.4, -0.2) is 26.4 Å². The Labute approximate surface area is 116 Å². The highest BCUT2D eigenvalue weighted by molar-refractivity contribution is 6.42. The van der Waals surface area contributed by atoms with Crippen molar-refractivity contribution in [2.75, 3.05) is 20.2 Å². The van der Waals surface area contributed by atoms with E-state index < -0.39 is 0 Å². The summed E-state index contributed by atoms with van der Waals surface area (Å²) in [6, 6.07) is 5.89. The van der Waals surface area contributed by atoms with Gasteiger partial charge >= 0.3 is 0 Å². The molecule has 3 rings (SSSR count). The Bertz CT molecular complexity index is 520. The number of nitrogens with one attached hydrogen (secondary N) is 1. The van der Waals surface area contributed by atoms with E-state index in [1.54, 1.807) is 7.11 Å². The van der Waals surface area contributed by atoms with Crippen LogP contribution in [0.1, 0.15) is 12.0 Å². The van der Waals surface area contributed by atoms with Gasteiger partial charge in [0.15, 0.2) is 0 Å².